The zero-order chi connectivity index (χ0) is 19.3. The Balaban J connectivity index is 0.00000364. The lowest BCUT2D eigenvalue weighted by atomic mass is 10.1. The highest BCUT2D eigenvalue weighted by Crippen LogP contribution is 2.34. The summed E-state index contributed by atoms with van der Waals surface area (Å²) in [6, 6.07) is 7.86. The van der Waals surface area contributed by atoms with Crippen molar-refractivity contribution < 1.29 is 17.9 Å². The van der Waals surface area contributed by atoms with Crippen LogP contribution in [0.2, 0.25) is 0 Å². The quantitative estimate of drug-likeness (QED) is 0.388. The number of aryl methyl sites for hydroxylation is 1. The molecule has 5 nitrogen and oxygen atoms in total. The zero-order valence-electron chi connectivity index (χ0n) is 15.7. The van der Waals surface area contributed by atoms with Gasteiger partial charge in [0.2, 0.25) is 0 Å². The van der Waals surface area contributed by atoms with E-state index in [1.807, 2.05) is 41.9 Å². The zero-order valence-corrected chi connectivity index (χ0v) is 18.0. The number of benzene rings is 1. The van der Waals surface area contributed by atoms with Crippen LogP contribution in [-0.2, 0) is 26.3 Å². The lowest BCUT2D eigenvalue weighted by Gasteiger charge is -2.23. The molecule has 0 unspecified atom stereocenters. The van der Waals surface area contributed by atoms with Crippen LogP contribution in [0.5, 0.6) is 5.75 Å². The van der Waals surface area contributed by atoms with E-state index in [1.165, 1.54) is 19.2 Å². The van der Waals surface area contributed by atoms with E-state index >= 15 is 0 Å². The lowest BCUT2D eigenvalue weighted by Crippen LogP contribution is -2.38. The van der Waals surface area contributed by atoms with Crippen LogP contribution in [0.3, 0.4) is 0 Å². The summed E-state index contributed by atoms with van der Waals surface area (Å²) in [5.74, 6) is 0.682. The number of hydrogen-bond acceptors (Lipinski definition) is 2. The second-order valence-electron chi connectivity index (χ2n) is 5.89. The molecule has 9 heteroatoms. The molecule has 0 saturated carbocycles. The van der Waals surface area contributed by atoms with Crippen molar-refractivity contribution in [2.45, 2.75) is 19.3 Å². The highest BCUT2D eigenvalue weighted by molar-refractivity contribution is 14.0. The maximum Gasteiger partial charge on any atom is 0.416 e. The van der Waals surface area contributed by atoms with Gasteiger partial charge in [0.1, 0.15) is 5.75 Å². The molecule has 0 radical (unpaired) electrons. The molecular weight excluding hydrogens is 472 g/mol. The molecule has 2 aromatic rings. The van der Waals surface area contributed by atoms with Crippen LogP contribution in [0, 0.1) is 0 Å². The number of rotatable bonds is 5. The molecule has 0 atom stereocenters. The summed E-state index contributed by atoms with van der Waals surface area (Å²) in [6.07, 6.45) is -2.52. The predicted molar refractivity (Wildman–Crippen MR) is 110 cm³/mol. The normalized spacial score (nSPS) is 11.7. The Bertz CT molecular complexity index is 774. The fourth-order valence-corrected chi connectivity index (χ4v) is 2.64. The first kappa shape index (κ1) is 23.1. The van der Waals surface area contributed by atoms with Crippen molar-refractivity contribution >= 4 is 29.9 Å². The molecule has 1 N–H and O–H groups in total. The highest BCUT2D eigenvalue weighted by Gasteiger charge is 2.33. The maximum atomic E-state index is 13.3. The van der Waals surface area contributed by atoms with Crippen LogP contribution in [-0.4, -0.2) is 36.6 Å². The first-order chi connectivity index (χ1) is 12.3. The van der Waals surface area contributed by atoms with Gasteiger partial charge in [-0.15, -0.1) is 24.0 Å². The monoisotopic (exact) mass is 496 g/mol. The van der Waals surface area contributed by atoms with Crippen molar-refractivity contribution in [3.8, 4) is 5.75 Å². The predicted octanol–water partition coefficient (Wildman–Crippen LogP) is 3.88. The van der Waals surface area contributed by atoms with Crippen molar-refractivity contribution in [1.29, 1.82) is 0 Å². The lowest BCUT2D eigenvalue weighted by molar-refractivity contribution is -0.138. The fourth-order valence-electron chi connectivity index (χ4n) is 2.64. The number of aliphatic imine (C=N–C) groups is 1. The van der Waals surface area contributed by atoms with E-state index in [-0.39, 0.29) is 41.8 Å². The van der Waals surface area contributed by atoms with Crippen LogP contribution in [0.1, 0.15) is 16.8 Å². The molecular formula is C18H24F3IN4O. The van der Waals surface area contributed by atoms with Gasteiger partial charge in [0.25, 0.3) is 0 Å². The molecule has 0 aliphatic heterocycles. The second-order valence-corrected chi connectivity index (χ2v) is 5.89. The number of halogens is 4. The van der Waals surface area contributed by atoms with Crippen molar-refractivity contribution in [1.82, 2.24) is 14.8 Å². The molecule has 27 heavy (non-hydrogen) atoms. The first-order valence-electron chi connectivity index (χ1n) is 8.02. The van der Waals surface area contributed by atoms with Crippen molar-refractivity contribution in [3.05, 3.63) is 53.3 Å². The molecule has 0 amide bonds. The number of aromatic nitrogens is 1. The summed E-state index contributed by atoms with van der Waals surface area (Å²) in [5, 5.41) is 2.99. The number of hydrogen-bond donors (Lipinski definition) is 1. The molecule has 0 fully saturated rings. The molecule has 150 valence electrons. The van der Waals surface area contributed by atoms with Gasteiger partial charge in [0, 0.05) is 39.6 Å². The smallest absolute Gasteiger partial charge is 0.416 e. The van der Waals surface area contributed by atoms with E-state index in [9.17, 15) is 13.2 Å². The maximum absolute atomic E-state index is 13.3. The molecule has 2 rings (SSSR count). The van der Waals surface area contributed by atoms with Gasteiger partial charge in [-0.2, -0.15) is 13.2 Å². The second kappa shape index (κ2) is 9.86. The van der Waals surface area contributed by atoms with Crippen LogP contribution < -0.4 is 10.1 Å². The van der Waals surface area contributed by atoms with Crippen molar-refractivity contribution in [2.75, 3.05) is 21.2 Å². The number of nitrogens with zero attached hydrogens (tertiary/aromatic N) is 3. The van der Waals surface area contributed by atoms with E-state index < -0.39 is 11.7 Å². The van der Waals surface area contributed by atoms with Crippen LogP contribution in [0.4, 0.5) is 13.2 Å². The van der Waals surface area contributed by atoms with Gasteiger partial charge in [-0.05, 0) is 29.8 Å². The largest absolute Gasteiger partial charge is 0.497 e. The van der Waals surface area contributed by atoms with Crippen LogP contribution in [0.15, 0.2) is 41.5 Å². The van der Waals surface area contributed by atoms with E-state index in [1.54, 1.807) is 7.05 Å². The average molecular weight is 496 g/mol. The molecule has 0 saturated heterocycles. The van der Waals surface area contributed by atoms with Crippen LogP contribution in [0.25, 0.3) is 0 Å². The SMILES string of the molecule is CN=C(NCc1ccc(OC)cc1C(F)(F)F)N(C)Cc1cccn1C.I. The highest BCUT2D eigenvalue weighted by atomic mass is 127. The number of methoxy groups -OCH3 is 1. The van der Waals surface area contributed by atoms with Crippen molar-refractivity contribution in [3.63, 3.8) is 0 Å². The molecule has 0 bridgehead atoms. The van der Waals surface area contributed by atoms with E-state index in [4.69, 9.17) is 4.74 Å². The minimum Gasteiger partial charge on any atom is -0.497 e. The molecule has 0 aliphatic carbocycles. The third-order valence-corrected chi connectivity index (χ3v) is 4.08. The molecule has 1 aromatic heterocycles. The standard InChI is InChI=1S/C18H23F3N4O.HI/c1-22-17(25(3)12-14-6-5-9-24(14)2)23-11-13-7-8-15(26-4)10-16(13)18(19,20)21;/h5-10H,11-12H2,1-4H3,(H,22,23);1H. The van der Waals surface area contributed by atoms with E-state index in [0.717, 1.165) is 11.8 Å². The number of nitrogens with one attached hydrogen (secondary N) is 1. The Morgan fingerprint density at radius 2 is 2.00 bits per heavy atom. The Morgan fingerprint density at radius 3 is 2.52 bits per heavy atom. The summed E-state index contributed by atoms with van der Waals surface area (Å²) in [5.41, 5.74) is 0.479. The summed E-state index contributed by atoms with van der Waals surface area (Å²) >= 11 is 0. The number of guanidine groups is 1. The van der Waals surface area contributed by atoms with Gasteiger partial charge in [-0.3, -0.25) is 4.99 Å². The topological polar surface area (TPSA) is 41.8 Å². The van der Waals surface area contributed by atoms with Gasteiger partial charge in [0.15, 0.2) is 5.96 Å². The summed E-state index contributed by atoms with van der Waals surface area (Å²) < 4.78 is 46.8. The molecule has 0 spiro atoms. The van der Waals surface area contributed by atoms with E-state index in [2.05, 4.69) is 10.3 Å². The molecule has 1 heterocycles. The molecule has 0 aliphatic rings. The van der Waals surface area contributed by atoms with Gasteiger partial charge >= 0.3 is 6.18 Å². The van der Waals surface area contributed by atoms with Crippen molar-refractivity contribution in [2.24, 2.45) is 12.0 Å². The Labute approximate surface area is 174 Å². The van der Waals surface area contributed by atoms with Crippen LogP contribution >= 0.6 is 24.0 Å². The number of ether oxygens (including phenoxy) is 1. The summed E-state index contributed by atoms with van der Waals surface area (Å²) in [6.45, 7) is 0.584. The van der Waals surface area contributed by atoms with Gasteiger partial charge in [0.05, 0.1) is 19.2 Å². The third-order valence-electron chi connectivity index (χ3n) is 4.08. The Hall–Kier alpha value is -1.91. The Morgan fingerprint density at radius 1 is 1.30 bits per heavy atom. The van der Waals surface area contributed by atoms with Gasteiger partial charge in [-0.1, -0.05) is 6.07 Å². The fraction of sp³-hybridized carbons (Fsp3) is 0.389. The third kappa shape index (κ3) is 6.05. The summed E-state index contributed by atoms with van der Waals surface area (Å²) in [7, 11) is 6.71. The Kier molecular flexibility index (Phi) is 8.45. The van der Waals surface area contributed by atoms with E-state index in [0.29, 0.717) is 12.5 Å². The average Bonchev–Trinajstić information content (AvgIpc) is 2.99. The van der Waals surface area contributed by atoms with Gasteiger partial charge in [-0.25, -0.2) is 0 Å². The number of alkyl halides is 3. The molecule has 1 aromatic carbocycles. The minimum atomic E-state index is -4.45. The van der Waals surface area contributed by atoms with Gasteiger partial charge < -0.3 is 19.5 Å². The minimum absolute atomic E-state index is 0. The first-order valence-corrected chi connectivity index (χ1v) is 8.02. The summed E-state index contributed by atoms with van der Waals surface area (Å²) in [4.78, 5) is 6.01.